The SMILES string of the molecule is CCOc1ccc(-n2c(Cc3ccccc3)nnc2S[C@H](C)C(C)=O)cc1. The molecule has 27 heavy (non-hydrogen) atoms. The molecular formula is C21H23N3O2S. The average Bonchev–Trinajstić information content (AvgIpc) is 3.05. The van der Waals surface area contributed by atoms with Gasteiger partial charge in [0, 0.05) is 12.1 Å². The number of benzene rings is 2. The Balaban J connectivity index is 1.98. The molecule has 5 nitrogen and oxygen atoms in total. The molecule has 0 spiro atoms. The van der Waals surface area contributed by atoms with Crippen LogP contribution in [0, 0.1) is 0 Å². The summed E-state index contributed by atoms with van der Waals surface area (Å²) in [7, 11) is 0. The third-order valence-corrected chi connectivity index (χ3v) is 5.33. The predicted octanol–water partition coefficient (Wildman–Crippen LogP) is 4.33. The molecule has 0 radical (unpaired) electrons. The Bertz CT molecular complexity index is 892. The molecular weight excluding hydrogens is 358 g/mol. The molecule has 140 valence electrons. The van der Waals surface area contributed by atoms with Gasteiger partial charge in [-0.15, -0.1) is 10.2 Å². The maximum absolute atomic E-state index is 11.7. The molecule has 0 bridgehead atoms. The summed E-state index contributed by atoms with van der Waals surface area (Å²) in [5, 5.41) is 9.31. The third kappa shape index (κ3) is 4.77. The molecule has 0 saturated carbocycles. The summed E-state index contributed by atoms with van der Waals surface area (Å²) < 4.78 is 7.56. The van der Waals surface area contributed by atoms with Gasteiger partial charge in [-0.05, 0) is 50.6 Å². The number of ether oxygens (including phenoxy) is 1. The molecule has 1 atom stereocenters. The van der Waals surface area contributed by atoms with Crippen LogP contribution in [0.2, 0.25) is 0 Å². The monoisotopic (exact) mass is 381 g/mol. The first-order valence-corrected chi connectivity index (χ1v) is 9.85. The van der Waals surface area contributed by atoms with Gasteiger partial charge in [-0.1, -0.05) is 42.1 Å². The molecule has 6 heteroatoms. The quantitative estimate of drug-likeness (QED) is 0.544. The smallest absolute Gasteiger partial charge is 0.196 e. The number of thioether (sulfide) groups is 1. The fourth-order valence-corrected chi connectivity index (χ4v) is 3.51. The van der Waals surface area contributed by atoms with Crippen LogP contribution in [-0.4, -0.2) is 32.4 Å². The highest BCUT2D eigenvalue weighted by Gasteiger charge is 2.19. The first kappa shape index (κ1) is 19.2. The maximum Gasteiger partial charge on any atom is 0.196 e. The van der Waals surface area contributed by atoms with Crippen molar-refractivity contribution in [3.8, 4) is 11.4 Å². The van der Waals surface area contributed by atoms with Crippen molar-refractivity contribution < 1.29 is 9.53 Å². The lowest BCUT2D eigenvalue weighted by molar-refractivity contribution is -0.116. The van der Waals surface area contributed by atoms with Gasteiger partial charge < -0.3 is 4.74 Å². The highest BCUT2D eigenvalue weighted by molar-refractivity contribution is 8.00. The minimum atomic E-state index is -0.180. The molecule has 0 aliphatic rings. The Kier molecular flexibility index (Phi) is 6.29. The first-order valence-electron chi connectivity index (χ1n) is 8.97. The fraction of sp³-hybridized carbons (Fsp3) is 0.286. The van der Waals surface area contributed by atoms with Gasteiger partial charge in [0.15, 0.2) is 5.16 Å². The molecule has 0 N–H and O–H groups in total. The van der Waals surface area contributed by atoms with Crippen LogP contribution in [-0.2, 0) is 11.2 Å². The zero-order valence-corrected chi connectivity index (χ0v) is 16.6. The first-order chi connectivity index (χ1) is 13.1. The van der Waals surface area contributed by atoms with Crippen molar-refractivity contribution in [1.82, 2.24) is 14.8 Å². The summed E-state index contributed by atoms with van der Waals surface area (Å²) in [6.07, 6.45) is 0.663. The van der Waals surface area contributed by atoms with Crippen LogP contribution in [0.5, 0.6) is 5.75 Å². The molecule has 1 aromatic heterocycles. The molecule has 0 amide bonds. The Labute approximate surface area is 163 Å². The normalized spacial score (nSPS) is 12.0. The lowest BCUT2D eigenvalue weighted by Crippen LogP contribution is -2.11. The number of Topliss-reactive ketones (excluding diaryl/α,β-unsaturated/α-hetero) is 1. The van der Waals surface area contributed by atoms with E-state index in [1.165, 1.54) is 11.8 Å². The van der Waals surface area contributed by atoms with Gasteiger partial charge in [-0.25, -0.2) is 0 Å². The Hall–Kier alpha value is -2.60. The Morgan fingerprint density at radius 3 is 2.44 bits per heavy atom. The van der Waals surface area contributed by atoms with Crippen molar-refractivity contribution in [2.75, 3.05) is 6.61 Å². The average molecular weight is 382 g/mol. The van der Waals surface area contributed by atoms with Crippen molar-refractivity contribution in [3.05, 3.63) is 66.0 Å². The van der Waals surface area contributed by atoms with Crippen LogP contribution < -0.4 is 4.74 Å². The zero-order valence-electron chi connectivity index (χ0n) is 15.8. The van der Waals surface area contributed by atoms with Gasteiger partial charge in [0.2, 0.25) is 0 Å². The van der Waals surface area contributed by atoms with E-state index in [1.54, 1.807) is 6.92 Å². The minimum Gasteiger partial charge on any atom is -0.494 e. The molecule has 0 fully saturated rings. The molecule has 0 saturated heterocycles. The largest absolute Gasteiger partial charge is 0.494 e. The lowest BCUT2D eigenvalue weighted by Gasteiger charge is -2.13. The summed E-state index contributed by atoms with van der Waals surface area (Å²) in [5.41, 5.74) is 2.11. The van der Waals surface area contributed by atoms with E-state index in [0.29, 0.717) is 18.2 Å². The van der Waals surface area contributed by atoms with Crippen LogP contribution in [0.25, 0.3) is 5.69 Å². The zero-order chi connectivity index (χ0) is 19.2. The summed E-state index contributed by atoms with van der Waals surface area (Å²) in [6.45, 7) is 6.08. The molecule has 3 aromatic rings. The number of nitrogens with zero attached hydrogens (tertiary/aromatic N) is 3. The number of ketones is 1. The summed E-state index contributed by atoms with van der Waals surface area (Å²) >= 11 is 1.43. The number of aromatic nitrogens is 3. The second-order valence-electron chi connectivity index (χ2n) is 6.19. The van der Waals surface area contributed by atoms with Gasteiger partial charge in [0.25, 0.3) is 0 Å². The van der Waals surface area contributed by atoms with E-state index in [4.69, 9.17) is 4.74 Å². The van der Waals surface area contributed by atoms with Crippen molar-refractivity contribution in [1.29, 1.82) is 0 Å². The second-order valence-corrected chi connectivity index (χ2v) is 7.50. The van der Waals surface area contributed by atoms with Crippen molar-refractivity contribution >= 4 is 17.5 Å². The number of carbonyl (C=O) groups excluding carboxylic acids is 1. The van der Waals surface area contributed by atoms with E-state index >= 15 is 0 Å². The number of rotatable bonds is 8. The molecule has 0 unspecified atom stereocenters. The molecule has 1 heterocycles. The van der Waals surface area contributed by atoms with Crippen LogP contribution in [0.15, 0.2) is 59.8 Å². The van der Waals surface area contributed by atoms with Gasteiger partial charge in [-0.2, -0.15) is 0 Å². The van der Waals surface area contributed by atoms with E-state index in [9.17, 15) is 4.79 Å². The van der Waals surface area contributed by atoms with E-state index in [-0.39, 0.29) is 11.0 Å². The maximum atomic E-state index is 11.7. The summed E-state index contributed by atoms with van der Waals surface area (Å²) in [5.74, 6) is 1.78. The van der Waals surface area contributed by atoms with E-state index in [2.05, 4.69) is 22.3 Å². The summed E-state index contributed by atoms with van der Waals surface area (Å²) in [4.78, 5) is 11.7. The van der Waals surface area contributed by atoms with Crippen LogP contribution in [0.1, 0.15) is 32.2 Å². The molecule has 0 aliphatic carbocycles. The van der Waals surface area contributed by atoms with E-state index < -0.39 is 0 Å². The fourth-order valence-electron chi connectivity index (χ4n) is 2.63. The molecule has 0 aliphatic heterocycles. The van der Waals surface area contributed by atoms with Gasteiger partial charge in [0.1, 0.15) is 17.4 Å². The molecule has 2 aromatic carbocycles. The standard InChI is InChI=1S/C21H23N3O2S/c1-4-26-19-12-10-18(11-13-19)24-20(14-17-8-6-5-7-9-17)22-23-21(24)27-16(3)15(2)25/h5-13,16H,4,14H2,1-3H3/t16-/m1/s1. The second kappa shape index (κ2) is 8.86. The highest BCUT2D eigenvalue weighted by Crippen LogP contribution is 2.28. The van der Waals surface area contributed by atoms with Crippen molar-refractivity contribution in [2.45, 2.75) is 37.6 Å². The van der Waals surface area contributed by atoms with Gasteiger partial charge >= 0.3 is 0 Å². The number of hydrogen-bond acceptors (Lipinski definition) is 5. The highest BCUT2D eigenvalue weighted by atomic mass is 32.2. The van der Waals surface area contributed by atoms with Crippen LogP contribution >= 0.6 is 11.8 Å². The number of hydrogen-bond donors (Lipinski definition) is 0. The Morgan fingerprint density at radius 1 is 1.11 bits per heavy atom. The van der Waals surface area contributed by atoms with Crippen molar-refractivity contribution in [2.24, 2.45) is 0 Å². The van der Waals surface area contributed by atoms with E-state index in [1.807, 2.05) is 60.9 Å². The lowest BCUT2D eigenvalue weighted by atomic mass is 10.1. The minimum absolute atomic E-state index is 0.117. The topological polar surface area (TPSA) is 57.0 Å². The third-order valence-electron chi connectivity index (χ3n) is 4.17. The van der Waals surface area contributed by atoms with Gasteiger partial charge in [-0.3, -0.25) is 9.36 Å². The van der Waals surface area contributed by atoms with E-state index in [0.717, 1.165) is 22.8 Å². The Morgan fingerprint density at radius 2 is 1.81 bits per heavy atom. The summed E-state index contributed by atoms with van der Waals surface area (Å²) in [6, 6.07) is 18.0. The predicted molar refractivity (Wildman–Crippen MR) is 108 cm³/mol. The molecule has 3 rings (SSSR count). The van der Waals surface area contributed by atoms with Gasteiger partial charge in [0.05, 0.1) is 11.9 Å². The number of carbonyl (C=O) groups is 1. The van der Waals surface area contributed by atoms with Crippen molar-refractivity contribution in [3.63, 3.8) is 0 Å². The van der Waals surface area contributed by atoms with Crippen LogP contribution in [0.3, 0.4) is 0 Å². The van der Waals surface area contributed by atoms with Crippen LogP contribution in [0.4, 0.5) is 0 Å².